The molecule has 118 valence electrons. The Morgan fingerprint density at radius 1 is 1.43 bits per heavy atom. The van der Waals surface area contributed by atoms with Crippen LogP contribution in [0.1, 0.15) is 34.6 Å². The van der Waals surface area contributed by atoms with Crippen LogP contribution in [0, 0.1) is 13.8 Å². The molecule has 0 unspecified atom stereocenters. The van der Waals surface area contributed by atoms with Gasteiger partial charge in [-0.05, 0) is 33.7 Å². The second-order valence-corrected chi connectivity index (χ2v) is 7.20. The molecule has 1 saturated carbocycles. The summed E-state index contributed by atoms with van der Waals surface area (Å²) >= 11 is 0. The fraction of sp³-hybridized carbons (Fsp3) is 0.615. The largest absolute Gasteiger partial charge is 0.477 e. The highest BCUT2D eigenvalue weighted by atomic mass is 32.2. The number of hydrogen-bond acceptors (Lipinski definition) is 4. The van der Waals surface area contributed by atoms with Crippen LogP contribution in [0.4, 0.5) is 0 Å². The molecule has 1 aromatic heterocycles. The second-order valence-electron chi connectivity index (χ2n) is 5.49. The Labute approximate surface area is 124 Å². The number of aromatic amines is 1. The number of aromatic carboxylic acids is 1. The summed E-state index contributed by atoms with van der Waals surface area (Å²) in [6, 6.07) is 0.573. The summed E-state index contributed by atoms with van der Waals surface area (Å²) in [6.45, 7) is 4.00. The molecular formula is C13H21N3O4S. The number of likely N-dealkylation sites (N-methyl/N-ethyl adjacent to an activating group) is 1. The van der Waals surface area contributed by atoms with E-state index in [9.17, 15) is 13.2 Å². The molecule has 1 aliphatic carbocycles. The molecule has 1 heterocycles. The summed E-state index contributed by atoms with van der Waals surface area (Å²) in [5.41, 5.74) is 0.499. The first kappa shape index (κ1) is 16.0. The third-order valence-corrected chi connectivity index (χ3v) is 5.51. The van der Waals surface area contributed by atoms with E-state index in [0.29, 0.717) is 24.8 Å². The van der Waals surface area contributed by atoms with Crippen LogP contribution >= 0.6 is 0 Å². The lowest BCUT2D eigenvalue weighted by atomic mass is 10.2. The fourth-order valence-electron chi connectivity index (χ4n) is 2.48. The van der Waals surface area contributed by atoms with Crippen LogP contribution < -0.4 is 4.72 Å². The molecule has 0 spiro atoms. The van der Waals surface area contributed by atoms with E-state index < -0.39 is 16.0 Å². The van der Waals surface area contributed by atoms with Gasteiger partial charge >= 0.3 is 5.97 Å². The van der Waals surface area contributed by atoms with Gasteiger partial charge in [-0.15, -0.1) is 0 Å². The van der Waals surface area contributed by atoms with Gasteiger partial charge in [0.1, 0.15) is 10.6 Å². The molecule has 0 atom stereocenters. The van der Waals surface area contributed by atoms with Crippen molar-refractivity contribution in [1.29, 1.82) is 0 Å². The van der Waals surface area contributed by atoms with Crippen molar-refractivity contribution in [3.63, 3.8) is 0 Å². The first-order valence-corrected chi connectivity index (χ1v) is 8.34. The number of nitrogens with one attached hydrogen (secondary N) is 2. The molecule has 0 aromatic carbocycles. The Bertz CT molecular complexity index is 647. The SMILES string of the molecule is Cc1[nH]c(C(=O)O)c(C)c1S(=O)(=O)NCCN(C)C1CC1. The molecule has 8 heteroatoms. The van der Waals surface area contributed by atoms with Gasteiger partial charge in [0.05, 0.1) is 0 Å². The van der Waals surface area contributed by atoms with E-state index in [2.05, 4.69) is 14.6 Å². The number of aromatic nitrogens is 1. The first-order valence-electron chi connectivity index (χ1n) is 6.86. The van der Waals surface area contributed by atoms with Crippen molar-refractivity contribution in [3.8, 4) is 0 Å². The summed E-state index contributed by atoms with van der Waals surface area (Å²) < 4.78 is 27.2. The molecule has 0 radical (unpaired) electrons. The average molecular weight is 315 g/mol. The average Bonchev–Trinajstić information content (AvgIpc) is 3.14. The van der Waals surface area contributed by atoms with Gasteiger partial charge in [0.15, 0.2) is 0 Å². The van der Waals surface area contributed by atoms with Crippen LogP contribution in [-0.4, -0.2) is 55.6 Å². The van der Waals surface area contributed by atoms with Crippen molar-refractivity contribution in [3.05, 3.63) is 17.0 Å². The minimum absolute atomic E-state index is 0.0361. The minimum atomic E-state index is -3.71. The molecule has 21 heavy (non-hydrogen) atoms. The van der Waals surface area contributed by atoms with Crippen LogP contribution in [0.5, 0.6) is 0 Å². The number of nitrogens with zero attached hydrogens (tertiary/aromatic N) is 1. The standard InChI is InChI=1S/C13H21N3O4S/c1-8-11(13(17)18)15-9(2)12(8)21(19,20)14-6-7-16(3)10-4-5-10/h10,14-15H,4-7H2,1-3H3,(H,17,18). The molecule has 1 aliphatic rings. The van der Waals surface area contributed by atoms with Crippen LogP contribution in [0.3, 0.4) is 0 Å². The van der Waals surface area contributed by atoms with Gasteiger partial charge < -0.3 is 15.0 Å². The molecule has 0 saturated heterocycles. The molecular weight excluding hydrogens is 294 g/mol. The van der Waals surface area contributed by atoms with Gasteiger partial charge in [0, 0.05) is 30.4 Å². The molecule has 3 N–H and O–H groups in total. The van der Waals surface area contributed by atoms with E-state index in [1.54, 1.807) is 6.92 Å². The van der Waals surface area contributed by atoms with Crippen LogP contribution in [0.25, 0.3) is 0 Å². The first-order chi connectivity index (χ1) is 9.74. The molecule has 7 nitrogen and oxygen atoms in total. The Balaban J connectivity index is 2.10. The lowest BCUT2D eigenvalue weighted by Gasteiger charge is -2.16. The molecule has 1 aromatic rings. The normalized spacial score (nSPS) is 15.6. The summed E-state index contributed by atoms with van der Waals surface area (Å²) in [5, 5.41) is 9.03. The Morgan fingerprint density at radius 2 is 2.05 bits per heavy atom. The van der Waals surface area contributed by atoms with E-state index in [0.717, 1.165) is 0 Å². The van der Waals surface area contributed by atoms with E-state index >= 15 is 0 Å². The van der Waals surface area contributed by atoms with Gasteiger partial charge in [-0.1, -0.05) is 0 Å². The number of hydrogen-bond donors (Lipinski definition) is 3. The summed E-state index contributed by atoms with van der Waals surface area (Å²) in [5.74, 6) is -1.16. The maximum absolute atomic E-state index is 12.3. The van der Waals surface area contributed by atoms with E-state index in [1.807, 2.05) is 7.05 Å². The molecule has 0 amide bonds. The van der Waals surface area contributed by atoms with E-state index in [1.165, 1.54) is 19.8 Å². The maximum atomic E-state index is 12.3. The zero-order valence-corrected chi connectivity index (χ0v) is 13.2. The highest BCUT2D eigenvalue weighted by Gasteiger charge is 2.28. The van der Waals surface area contributed by atoms with Crippen LogP contribution in [-0.2, 0) is 10.0 Å². The molecule has 1 fully saturated rings. The second kappa shape index (κ2) is 5.78. The third kappa shape index (κ3) is 3.45. The zero-order valence-electron chi connectivity index (χ0n) is 12.4. The fourth-order valence-corrected chi connectivity index (χ4v) is 3.94. The smallest absolute Gasteiger partial charge is 0.352 e. The number of carboxylic acids is 1. The predicted octanol–water partition coefficient (Wildman–Crippen LogP) is 0.702. The maximum Gasteiger partial charge on any atom is 0.352 e. The number of carbonyl (C=O) groups is 1. The number of sulfonamides is 1. The monoisotopic (exact) mass is 315 g/mol. The molecule has 0 aliphatic heterocycles. The topological polar surface area (TPSA) is 102 Å². The summed E-state index contributed by atoms with van der Waals surface area (Å²) in [7, 11) is -1.73. The Kier molecular flexibility index (Phi) is 4.40. The Hall–Kier alpha value is -1.38. The summed E-state index contributed by atoms with van der Waals surface area (Å²) in [4.78, 5) is 15.8. The van der Waals surface area contributed by atoms with Crippen molar-refractivity contribution in [2.45, 2.75) is 37.6 Å². The van der Waals surface area contributed by atoms with Crippen LogP contribution in [0.15, 0.2) is 4.90 Å². The number of rotatable bonds is 7. The quantitative estimate of drug-likeness (QED) is 0.687. The van der Waals surface area contributed by atoms with Gasteiger partial charge in [-0.3, -0.25) is 0 Å². The van der Waals surface area contributed by atoms with E-state index in [-0.39, 0.29) is 16.2 Å². The minimum Gasteiger partial charge on any atom is -0.477 e. The Morgan fingerprint density at radius 3 is 2.52 bits per heavy atom. The van der Waals surface area contributed by atoms with Gasteiger partial charge in [-0.2, -0.15) is 0 Å². The highest BCUT2D eigenvalue weighted by molar-refractivity contribution is 7.89. The lowest BCUT2D eigenvalue weighted by Crippen LogP contribution is -2.34. The summed E-state index contributed by atoms with van der Waals surface area (Å²) in [6.07, 6.45) is 2.34. The number of aryl methyl sites for hydroxylation is 1. The number of H-pyrrole nitrogens is 1. The van der Waals surface area contributed by atoms with Crippen molar-refractivity contribution in [2.24, 2.45) is 0 Å². The lowest BCUT2D eigenvalue weighted by molar-refractivity contribution is 0.0690. The van der Waals surface area contributed by atoms with Crippen molar-refractivity contribution >= 4 is 16.0 Å². The van der Waals surface area contributed by atoms with Crippen molar-refractivity contribution < 1.29 is 18.3 Å². The third-order valence-electron chi connectivity index (χ3n) is 3.78. The van der Waals surface area contributed by atoms with E-state index in [4.69, 9.17) is 5.11 Å². The predicted molar refractivity (Wildman–Crippen MR) is 78.1 cm³/mol. The van der Waals surface area contributed by atoms with Crippen LogP contribution in [0.2, 0.25) is 0 Å². The van der Waals surface area contributed by atoms with Crippen molar-refractivity contribution in [1.82, 2.24) is 14.6 Å². The zero-order chi connectivity index (χ0) is 15.8. The van der Waals surface area contributed by atoms with Gasteiger partial charge in [0.25, 0.3) is 0 Å². The van der Waals surface area contributed by atoms with Gasteiger partial charge in [-0.25, -0.2) is 17.9 Å². The van der Waals surface area contributed by atoms with Crippen molar-refractivity contribution in [2.75, 3.05) is 20.1 Å². The highest BCUT2D eigenvalue weighted by Crippen LogP contribution is 2.25. The van der Waals surface area contributed by atoms with Gasteiger partial charge in [0.2, 0.25) is 10.0 Å². The number of carboxylic acid groups (broad SMARTS) is 1. The molecule has 0 bridgehead atoms. The molecule has 2 rings (SSSR count).